The van der Waals surface area contributed by atoms with Crippen LogP contribution in [0.3, 0.4) is 0 Å². The van der Waals surface area contributed by atoms with E-state index in [9.17, 15) is 13.5 Å². The molecular formula is C11H13NO4S. The van der Waals surface area contributed by atoms with Gasteiger partial charge in [-0.15, -0.1) is 0 Å². The molecule has 17 heavy (non-hydrogen) atoms. The van der Waals surface area contributed by atoms with Crippen molar-refractivity contribution in [2.45, 2.75) is 12.5 Å². The molecule has 0 unspecified atom stereocenters. The molecule has 1 atom stereocenters. The van der Waals surface area contributed by atoms with Gasteiger partial charge < -0.3 is 5.11 Å². The third-order valence-electron chi connectivity index (χ3n) is 2.19. The Hall–Kier alpha value is -1.42. The average molecular weight is 255 g/mol. The molecule has 0 fully saturated rings. The highest BCUT2D eigenvalue weighted by Gasteiger charge is 2.25. The van der Waals surface area contributed by atoms with Crippen LogP contribution in [0, 0.1) is 11.3 Å². The van der Waals surface area contributed by atoms with E-state index in [-0.39, 0.29) is 6.61 Å². The lowest BCUT2D eigenvalue weighted by Crippen LogP contribution is -2.29. The van der Waals surface area contributed by atoms with Crippen molar-refractivity contribution in [2.24, 2.45) is 0 Å². The Labute approximate surface area is 100 Å². The predicted molar refractivity (Wildman–Crippen MR) is 61.5 cm³/mol. The normalized spacial score (nSPS) is 14.9. The molecule has 0 radical (unpaired) electrons. The fourth-order valence-electron chi connectivity index (χ4n) is 1.21. The van der Waals surface area contributed by atoms with Crippen molar-refractivity contribution in [2.75, 3.05) is 12.9 Å². The first-order chi connectivity index (χ1) is 7.74. The van der Waals surface area contributed by atoms with Crippen molar-refractivity contribution >= 4 is 10.1 Å². The van der Waals surface area contributed by atoms with Gasteiger partial charge in [0.2, 0.25) is 0 Å². The summed E-state index contributed by atoms with van der Waals surface area (Å²) in [6, 6.07) is 8.16. The standard InChI is InChI=1S/C11H13NO4S/c1-11(13,8-16-17(2,14)15)10-5-3-9(7-12)4-6-10/h3-6,13H,8H2,1-2H3/t11-/m0/s1. The molecule has 0 heterocycles. The molecule has 0 aliphatic rings. The van der Waals surface area contributed by atoms with Gasteiger partial charge in [-0.2, -0.15) is 13.7 Å². The molecule has 0 aliphatic heterocycles. The zero-order valence-corrected chi connectivity index (χ0v) is 10.4. The maximum atomic E-state index is 10.8. The summed E-state index contributed by atoms with van der Waals surface area (Å²) in [5.74, 6) is 0. The van der Waals surface area contributed by atoms with E-state index >= 15 is 0 Å². The van der Waals surface area contributed by atoms with Crippen LogP contribution in [-0.4, -0.2) is 26.4 Å². The molecule has 5 nitrogen and oxygen atoms in total. The van der Waals surface area contributed by atoms with Crippen LogP contribution in [0.2, 0.25) is 0 Å². The van der Waals surface area contributed by atoms with Crippen LogP contribution in [0.15, 0.2) is 24.3 Å². The molecule has 0 saturated heterocycles. The number of hydrogen-bond donors (Lipinski definition) is 1. The Morgan fingerprint density at radius 2 is 1.94 bits per heavy atom. The van der Waals surface area contributed by atoms with Crippen molar-refractivity contribution in [1.82, 2.24) is 0 Å². The molecule has 0 aromatic heterocycles. The van der Waals surface area contributed by atoms with Crippen LogP contribution in [0.25, 0.3) is 0 Å². The maximum Gasteiger partial charge on any atom is 0.264 e. The van der Waals surface area contributed by atoms with Crippen LogP contribution >= 0.6 is 0 Å². The number of hydrogen-bond acceptors (Lipinski definition) is 5. The van der Waals surface area contributed by atoms with Crippen LogP contribution < -0.4 is 0 Å². The summed E-state index contributed by atoms with van der Waals surface area (Å²) >= 11 is 0. The van der Waals surface area contributed by atoms with E-state index in [4.69, 9.17) is 5.26 Å². The van der Waals surface area contributed by atoms with Gasteiger partial charge in [-0.1, -0.05) is 12.1 Å². The van der Waals surface area contributed by atoms with Crippen molar-refractivity contribution in [3.05, 3.63) is 35.4 Å². The molecule has 0 aliphatic carbocycles. The van der Waals surface area contributed by atoms with Crippen molar-refractivity contribution in [3.63, 3.8) is 0 Å². The molecule has 6 heteroatoms. The number of nitriles is 1. The van der Waals surface area contributed by atoms with Crippen molar-refractivity contribution in [3.8, 4) is 6.07 Å². The van der Waals surface area contributed by atoms with Gasteiger partial charge in [-0.3, -0.25) is 4.18 Å². The monoisotopic (exact) mass is 255 g/mol. The van der Waals surface area contributed by atoms with E-state index in [1.807, 2.05) is 6.07 Å². The van der Waals surface area contributed by atoms with Gasteiger partial charge in [-0.25, -0.2) is 0 Å². The average Bonchev–Trinajstić information content (AvgIpc) is 2.26. The second-order valence-corrected chi connectivity index (χ2v) is 5.57. The van der Waals surface area contributed by atoms with Crippen molar-refractivity contribution < 1.29 is 17.7 Å². The summed E-state index contributed by atoms with van der Waals surface area (Å²) in [5, 5.41) is 18.7. The lowest BCUT2D eigenvalue weighted by molar-refractivity contribution is 0.0101. The minimum atomic E-state index is -3.59. The molecule has 1 aromatic rings. The molecule has 1 N–H and O–H groups in total. The number of benzene rings is 1. The largest absolute Gasteiger partial charge is 0.383 e. The van der Waals surface area contributed by atoms with Gasteiger partial charge in [0.15, 0.2) is 0 Å². The van der Waals surface area contributed by atoms with Crippen LogP contribution in [0.4, 0.5) is 0 Å². The smallest absolute Gasteiger partial charge is 0.264 e. The zero-order chi connectivity index (χ0) is 13.1. The maximum absolute atomic E-state index is 10.8. The fraction of sp³-hybridized carbons (Fsp3) is 0.364. The quantitative estimate of drug-likeness (QED) is 0.802. The molecule has 0 saturated carbocycles. The Morgan fingerprint density at radius 1 is 1.41 bits per heavy atom. The van der Waals surface area contributed by atoms with E-state index in [0.29, 0.717) is 11.1 Å². The highest BCUT2D eigenvalue weighted by atomic mass is 32.2. The SMILES string of the molecule is C[C@](O)(COS(C)(=O)=O)c1ccc(C#N)cc1. The minimum absolute atomic E-state index is 0.363. The summed E-state index contributed by atoms with van der Waals surface area (Å²) in [6.07, 6.45) is 0.919. The number of nitrogens with zero attached hydrogens (tertiary/aromatic N) is 1. The first kappa shape index (κ1) is 13.6. The Bertz CT molecular complexity index is 526. The first-order valence-corrected chi connectivity index (χ1v) is 6.64. The summed E-state index contributed by atoms with van der Waals surface area (Å²) in [4.78, 5) is 0. The van der Waals surface area contributed by atoms with Gasteiger partial charge in [0, 0.05) is 0 Å². The molecule has 0 spiro atoms. The molecule has 0 amide bonds. The first-order valence-electron chi connectivity index (χ1n) is 4.82. The second-order valence-electron chi connectivity index (χ2n) is 3.93. The number of rotatable bonds is 4. The van der Waals surface area contributed by atoms with E-state index in [0.717, 1.165) is 6.26 Å². The topological polar surface area (TPSA) is 87.4 Å². The van der Waals surface area contributed by atoms with Gasteiger partial charge in [0.25, 0.3) is 10.1 Å². The third kappa shape index (κ3) is 4.15. The molecule has 1 rings (SSSR count). The highest BCUT2D eigenvalue weighted by Crippen LogP contribution is 2.21. The fourth-order valence-corrected chi connectivity index (χ4v) is 1.65. The summed E-state index contributed by atoms with van der Waals surface area (Å²) < 4.78 is 26.2. The van der Waals surface area contributed by atoms with Crippen LogP contribution in [0.5, 0.6) is 0 Å². The zero-order valence-electron chi connectivity index (χ0n) is 9.54. The lowest BCUT2D eigenvalue weighted by Gasteiger charge is -2.22. The summed E-state index contributed by atoms with van der Waals surface area (Å²) in [7, 11) is -3.59. The molecule has 92 valence electrons. The van der Waals surface area contributed by atoms with E-state index in [1.54, 1.807) is 24.3 Å². The summed E-state index contributed by atoms with van der Waals surface area (Å²) in [5.41, 5.74) is -0.467. The van der Waals surface area contributed by atoms with Crippen LogP contribution in [0.1, 0.15) is 18.1 Å². The van der Waals surface area contributed by atoms with Gasteiger partial charge in [0.1, 0.15) is 5.60 Å². The molecule has 0 bridgehead atoms. The van der Waals surface area contributed by atoms with E-state index < -0.39 is 15.7 Å². The minimum Gasteiger partial charge on any atom is -0.383 e. The van der Waals surface area contributed by atoms with E-state index in [1.165, 1.54) is 6.92 Å². The second kappa shape index (κ2) is 4.84. The van der Waals surface area contributed by atoms with Gasteiger partial charge >= 0.3 is 0 Å². The Morgan fingerprint density at radius 3 is 2.35 bits per heavy atom. The lowest BCUT2D eigenvalue weighted by atomic mass is 9.96. The highest BCUT2D eigenvalue weighted by molar-refractivity contribution is 7.85. The predicted octanol–water partition coefficient (Wildman–Crippen LogP) is 0.742. The third-order valence-corrected chi connectivity index (χ3v) is 2.74. The summed E-state index contributed by atoms with van der Waals surface area (Å²) in [6.45, 7) is 1.08. The molecular weight excluding hydrogens is 242 g/mol. The van der Waals surface area contributed by atoms with E-state index in [2.05, 4.69) is 4.18 Å². The van der Waals surface area contributed by atoms with Crippen molar-refractivity contribution in [1.29, 1.82) is 5.26 Å². The van der Waals surface area contributed by atoms with Crippen LogP contribution in [-0.2, 0) is 19.9 Å². The molecule has 1 aromatic carbocycles. The van der Waals surface area contributed by atoms with Gasteiger partial charge in [0.05, 0.1) is 24.5 Å². The number of aliphatic hydroxyl groups is 1. The van der Waals surface area contributed by atoms with Gasteiger partial charge in [-0.05, 0) is 24.6 Å². The Kier molecular flexibility index (Phi) is 3.88. The Balaban J connectivity index is 2.86.